The number of phenolic OH excluding ortho intramolecular Hbond substituents is 1. The number of cyclic esters (lactones) is 1. The van der Waals surface area contributed by atoms with Gasteiger partial charge >= 0.3 is 29.8 Å². The van der Waals surface area contributed by atoms with E-state index in [1.807, 2.05) is 0 Å². The monoisotopic (exact) mass is 716 g/mol. The van der Waals surface area contributed by atoms with E-state index in [1.54, 1.807) is 18.2 Å². The van der Waals surface area contributed by atoms with Gasteiger partial charge < -0.3 is 57.2 Å². The summed E-state index contributed by atoms with van der Waals surface area (Å²) in [6, 6.07) is 4.89. The van der Waals surface area contributed by atoms with E-state index in [2.05, 4.69) is 0 Å². The SMILES string of the molecule is COC(=O)[C@H]1OC(Oc2c3c(cc4c2OCO4)[C@@H](c2cc(OC)c(O)c(OC)c2)[C@H]2C(=O)OCC2C3)[C@H](OC(C)=O)[C@@H](OC(C)=O)[C@@H]1OC(C)=O. The number of hydrogen-bond acceptors (Lipinski definition) is 17. The Morgan fingerprint density at radius 1 is 0.824 bits per heavy atom. The Labute approximate surface area is 290 Å². The third-order valence-electron chi connectivity index (χ3n) is 9.07. The summed E-state index contributed by atoms with van der Waals surface area (Å²) in [6.07, 6.45) is -7.98. The molecule has 0 amide bonds. The molecule has 4 aliphatic rings. The second-order valence-corrected chi connectivity index (χ2v) is 12.2. The van der Waals surface area contributed by atoms with Crippen LogP contribution in [0.3, 0.4) is 0 Å². The number of methoxy groups -OCH3 is 3. The number of benzene rings is 2. The van der Waals surface area contributed by atoms with Crippen molar-refractivity contribution in [2.24, 2.45) is 11.8 Å². The summed E-state index contributed by atoms with van der Waals surface area (Å²) in [5.41, 5.74) is 1.63. The van der Waals surface area contributed by atoms with E-state index in [-0.39, 0.29) is 60.2 Å². The average Bonchev–Trinajstić information content (AvgIpc) is 3.71. The van der Waals surface area contributed by atoms with Crippen LogP contribution >= 0.6 is 0 Å². The average molecular weight is 717 g/mol. The third-order valence-corrected chi connectivity index (χ3v) is 9.07. The lowest BCUT2D eigenvalue weighted by Crippen LogP contribution is -2.64. The Balaban J connectivity index is 1.52. The van der Waals surface area contributed by atoms with E-state index in [0.29, 0.717) is 16.7 Å². The molecular weight excluding hydrogens is 680 g/mol. The van der Waals surface area contributed by atoms with E-state index in [0.717, 1.165) is 27.9 Å². The van der Waals surface area contributed by atoms with Gasteiger partial charge in [-0.1, -0.05) is 0 Å². The van der Waals surface area contributed by atoms with Crippen molar-refractivity contribution in [3.8, 4) is 34.5 Å². The molecule has 17 heteroatoms. The maximum absolute atomic E-state index is 13.3. The maximum atomic E-state index is 13.3. The van der Waals surface area contributed by atoms with Gasteiger partial charge in [-0.05, 0) is 35.7 Å². The van der Waals surface area contributed by atoms with Crippen molar-refractivity contribution in [3.63, 3.8) is 0 Å². The first-order valence-electron chi connectivity index (χ1n) is 15.8. The van der Waals surface area contributed by atoms with Crippen molar-refractivity contribution < 1.29 is 81.2 Å². The Kier molecular flexibility index (Phi) is 9.75. The van der Waals surface area contributed by atoms with E-state index in [9.17, 15) is 29.1 Å². The van der Waals surface area contributed by atoms with Crippen molar-refractivity contribution in [1.82, 2.24) is 0 Å². The summed E-state index contributed by atoms with van der Waals surface area (Å²) in [7, 11) is 3.83. The van der Waals surface area contributed by atoms with Crippen molar-refractivity contribution in [2.75, 3.05) is 34.7 Å². The van der Waals surface area contributed by atoms with Gasteiger partial charge in [0, 0.05) is 38.2 Å². The molecule has 6 rings (SSSR count). The second kappa shape index (κ2) is 14.0. The summed E-state index contributed by atoms with van der Waals surface area (Å²) in [5.74, 6) is -5.36. The lowest BCUT2D eigenvalue weighted by atomic mass is 9.67. The minimum Gasteiger partial charge on any atom is -0.502 e. The molecule has 1 N–H and O–H groups in total. The molecule has 2 aromatic rings. The lowest BCUT2D eigenvalue weighted by molar-refractivity contribution is -0.282. The molecule has 3 aliphatic heterocycles. The Morgan fingerprint density at radius 3 is 2.06 bits per heavy atom. The first-order chi connectivity index (χ1) is 24.4. The molecule has 0 radical (unpaired) electrons. The number of carbonyl (C=O) groups excluding carboxylic acids is 5. The summed E-state index contributed by atoms with van der Waals surface area (Å²) in [5, 5.41) is 10.7. The summed E-state index contributed by atoms with van der Waals surface area (Å²) >= 11 is 0. The summed E-state index contributed by atoms with van der Waals surface area (Å²) < 4.78 is 61.9. The van der Waals surface area contributed by atoms with E-state index in [4.69, 9.17) is 52.1 Å². The first kappa shape index (κ1) is 35.4. The van der Waals surface area contributed by atoms with Crippen LogP contribution in [0, 0.1) is 11.8 Å². The van der Waals surface area contributed by atoms with Crippen LogP contribution in [0.15, 0.2) is 18.2 Å². The normalized spacial score (nSPS) is 27.2. The molecule has 0 spiro atoms. The van der Waals surface area contributed by atoms with Crippen LogP contribution in [-0.2, 0) is 58.8 Å². The first-order valence-corrected chi connectivity index (χ1v) is 15.8. The van der Waals surface area contributed by atoms with Crippen molar-refractivity contribution in [1.29, 1.82) is 0 Å². The number of fused-ring (bicyclic) bond motifs is 3. The number of esters is 5. The molecular formula is C34H36O17. The van der Waals surface area contributed by atoms with Crippen LogP contribution in [-0.4, -0.2) is 100 Å². The number of carbonyl (C=O) groups is 5. The molecule has 0 bridgehead atoms. The molecule has 51 heavy (non-hydrogen) atoms. The van der Waals surface area contributed by atoms with Gasteiger partial charge in [0.25, 0.3) is 0 Å². The number of hydrogen-bond donors (Lipinski definition) is 1. The highest BCUT2D eigenvalue weighted by Gasteiger charge is 2.57. The topological polar surface area (TPSA) is 207 Å². The number of phenols is 1. The minimum atomic E-state index is -1.71. The Bertz CT molecular complexity index is 1730. The van der Waals surface area contributed by atoms with Gasteiger partial charge in [-0.3, -0.25) is 19.2 Å². The van der Waals surface area contributed by atoms with Gasteiger partial charge in [0.15, 0.2) is 41.3 Å². The Morgan fingerprint density at radius 2 is 1.45 bits per heavy atom. The van der Waals surface area contributed by atoms with Crippen LogP contribution in [0.25, 0.3) is 0 Å². The second-order valence-electron chi connectivity index (χ2n) is 12.2. The molecule has 2 aromatic carbocycles. The number of rotatable bonds is 9. The fourth-order valence-electron chi connectivity index (χ4n) is 7.08. The quantitative estimate of drug-likeness (QED) is 0.289. The molecule has 274 valence electrons. The maximum Gasteiger partial charge on any atom is 0.339 e. The van der Waals surface area contributed by atoms with Crippen molar-refractivity contribution >= 4 is 29.8 Å². The fraction of sp³-hybridized carbons (Fsp3) is 0.500. The number of aromatic hydroxyl groups is 1. The highest BCUT2D eigenvalue weighted by atomic mass is 16.7. The largest absolute Gasteiger partial charge is 0.502 e. The van der Waals surface area contributed by atoms with Crippen LogP contribution in [0.1, 0.15) is 43.4 Å². The molecule has 0 aromatic heterocycles. The van der Waals surface area contributed by atoms with Crippen LogP contribution in [0.5, 0.6) is 34.5 Å². The molecule has 2 fully saturated rings. The van der Waals surface area contributed by atoms with Gasteiger partial charge in [-0.25, -0.2) is 4.79 Å². The standard InChI is InChI=1S/C34H36O17/c1-13(35)47-28-29(48-14(2)36)31(49-15(3)37)34(51-30(28)33(40)43-6)50-26-19-7-17-11-44-32(39)24(17)23(18(19)10-22-27(26)46-12-45-22)16-8-20(41-4)25(38)21(9-16)42-5/h8-10,17,23-24,28-31,34,38H,7,11-12H2,1-6H3/t17?,23-,24+,28+,29+,30+,31-,34?/m1/s1. The van der Waals surface area contributed by atoms with E-state index >= 15 is 0 Å². The highest BCUT2D eigenvalue weighted by Crippen LogP contribution is 2.56. The zero-order valence-corrected chi connectivity index (χ0v) is 28.5. The molecule has 17 nitrogen and oxygen atoms in total. The van der Waals surface area contributed by atoms with Crippen molar-refractivity contribution in [3.05, 3.63) is 34.9 Å². The fourth-order valence-corrected chi connectivity index (χ4v) is 7.08. The third kappa shape index (κ3) is 6.48. The van der Waals surface area contributed by atoms with Gasteiger partial charge in [0.05, 0.1) is 33.9 Å². The molecule has 2 unspecified atom stereocenters. The molecule has 3 heterocycles. The molecule has 0 saturated carbocycles. The van der Waals surface area contributed by atoms with Crippen LogP contribution < -0.4 is 23.7 Å². The van der Waals surface area contributed by atoms with Gasteiger partial charge in [0.1, 0.15) is 0 Å². The van der Waals surface area contributed by atoms with Crippen molar-refractivity contribution in [2.45, 2.75) is 63.8 Å². The van der Waals surface area contributed by atoms with Gasteiger partial charge in [0.2, 0.25) is 30.7 Å². The van der Waals surface area contributed by atoms with Gasteiger partial charge in [-0.2, -0.15) is 0 Å². The zero-order chi connectivity index (χ0) is 36.7. The molecule has 1 aliphatic carbocycles. The van der Waals surface area contributed by atoms with E-state index < -0.39 is 72.4 Å². The smallest absolute Gasteiger partial charge is 0.339 e. The zero-order valence-electron chi connectivity index (χ0n) is 28.5. The predicted octanol–water partition coefficient (Wildman–Crippen LogP) is 1.69. The lowest BCUT2D eigenvalue weighted by Gasteiger charge is -2.43. The predicted molar refractivity (Wildman–Crippen MR) is 165 cm³/mol. The molecule has 2 saturated heterocycles. The highest BCUT2D eigenvalue weighted by molar-refractivity contribution is 5.80. The molecule has 8 atom stereocenters. The summed E-state index contributed by atoms with van der Waals surface area (Å²) in [4.78, 5) is 63.3. The Hall–Kier alpha value is -5.45. The minimum absolute atomic E-state index is 0.0544. The summed E-state index contributed by atoms with van der Waals surface area (Å²) in [6.45, 7) is 3.12. The number of ether oxygens (including phenoxy) is 11. The van der Waals surface area contributed by atoms with Crippen LogP contribution in [0.2, 0.25) is 0 Å². The van der Waals surface area contributed by atoms with Crippen LogP contribution in [0.4, 0.5) is 0 Å². The van der Waals surface area contributed by atoms with E-state index in [1.165, 1.54) is 14.2 Å². The van der Waals surface area contributed by atoms with Gasteiger partial charge in [-0.15, -0.1) is 0 Å².